The van der Waals surface area contributed by atoms with Crippen molar-refractivity contribution in [2.75, 3.05) is 16.8 Å². The van der Waals surface area contributed by atoms with Crippen LogP contribution in [0.4, 0.5) is 11.4 Å². The molecule has 1 atom stereocenters. The fourth-order valence-corrected chi connectivity index (χ4v) is 5.82. The number of anilines is 2. The van der Waals surface area contributed by atoms with Gasteiger partial charge < -0.3 is 15.8 Å². The Morgan fingerprint density at radius 2 is 1.80 bits per heavy atom. The van der Waals surface area contributed by atoms with E-state index < -0.39 is 22.7 Å². The maximum absolute atomic E-state index is 13.9. The average Bonchev–Trinajstić information content (AvgIpc) is 3.06. The zero-order valence-electron chi connectivity index (χ0n) is 19.8. The van der Waals surface area contributed by atoms with E-state index >= 15 is 0 Å². The summed E-state index contributed by atoms with van der Waals surface area (Å²) in [5.74, 6) is -1.44. The van der Waals surface area contributed by atoms with Gasteiger partial charge in [-0.05, 0) is 37.0 Å². The van der Waals surface area contributed by atoms with Crippen LogP contribution < -0.4 is 16.0 Å². The Hall–Kier alpha value is -3.58. The van der Waals surface area contributed by atoms with Gasteiger partial charge in [-0.3, -0.25) is 14.5 Å². The molecule has 2 aromatic rings. The Labute approximate surface area is 208 Å². The second kappa shape index (κ2) is 7.99. The van der Waals surface area contributed by atoms with E-state index in [2.05, 4.69) is 5.32 Å². The minimum atomic E-state index is -1.71. The predicted octanol–water partition coefficient (Wildman–Crippen LogP) is 4.43. The van der Waals surface area contributed by atoms with Gasteiger partial charge in [0.25, 0.3) is 0 Å². The van der Waals surface area contributed by atoms with E-state index in [0.29, 0.717) is 34.1 Å². The van der Waals surface area contributed by atoms with Gasteiger partial charge >= 0.3 is 5.97 Å². The van der Waals surface area contributed by atoms with Crippen molar-refractivity contribution in [2.45, 2.75) is 39.0 Å². The van der Waals surface area contributed by atoms with Gasteiger partial charge in [0.2, 0.25) is 5.91 Å². The van der Waals surface area contributed by atoms with Crippen molar-refractivity contribution >= 4 is 40.6 Å². The first-order chi connectivity index (χ1) is 16.6. The van der Waals surface area contributed by atoms with Crippen molar-refractivity contribution < 1.29 is 19.1 Å². The molecule has 180 valence electrons. The first kappa shape index (κ1) is 23.2. The molecule has 35 heavy (non-hydrogen) atoms. The number of hydrogen-bond donors (Lipinski definition) is 2. The number of carbonyl (C=O) groups excluding carboxylic acids is 3. The number of para-hydroxylation sites is 2. The molecule has 1 spiro atoms. The summed E-state index contributed by atoms with van der Waals surface area (Å²) in [7, 11) is 0. The van der Waals surface area contributed by atoms with Crippen LogP contribution in [0.5, 0.6) is 0 Å². The van der Waals surface area contributed by atoms with Crippen molar-refractivity contribution in [3.8, 4) is 0 Å². The summed E-state index contributed by atoms with van der Waals surface area (Å²) in [4.78, 5) is 43.1. The normalized spacial score (nSPS) is 22.8. The fraction of sp³-hybridized carbons (Fsp3) is 0.296. The number of ketones is 1. The lowest BCUT2D eigenvalue weighted by molar-refractivity contribution is -0.140. The lowest BCUT2D eigenvalue weighted by Gasteiger charge is -2.47. The Morgan fingerprint density at radius 3 is 2.51 bits per heavy atom. The summed E-state index contributed by atoms with van der Waals surface area (Å²) in [5.41, 5.74) is 6.98. The molecule has 3 aliphatic rings. The number of allylic oxidation sites excluding steroid dienone is 1. The minimum absolute atomic E-state index is 0.0210. The van der Waals surface area contributed by atoms with E-state index in [1.165, 1.54) is 0 Å². The summed E-state index contributed by atoms with van der Waals surface area (Å²) < 4.78 is 5.42. The number of ether oxygens (including phenoxy) is 1. The zero-order chi connectivity index (χ0) is 25.1. The molecule has 0 saturated heterocycles. The van der Waals surface area contributed by atoms with Gasteiger partial charge in [-0.2, -0.15) is 0 Å². The maximum Gasteiger partial charge on any atom is 0.339 e. The molecular weight excluding hydrogens is 466 g/mol. The largest absolute Gasteiger partial charge is 0.462 e. The zero-order valence-corrected chi connectivity index (χ0v) is 20.5. The monoisotopic (exact) mass is 491 g/mol. The Morgan fingerprint density at radius 1 is 1.11 bits per heavy atom. The number of nitrogens with two attached hydrogens (primary N) is 1. The number of rotatable bonds is 3. The molecule has 5 rings (SSSR count). The van der Waals surface area contributed by atoms with Crippen molar-refractivity contribution in [3.63, 3.8) is 0 Å². The molecule has 2 aliphatic heterocycles. The van der Waals surface area contributed by atoms with E-state index in [-0.39, 0.29) is 35.8 Å². The van der Waals surface area contributed by atoms with Gasteiger partial charge in [-0.1, -0.05) is 55.8 Å². The highest BCUT2D eigenvalue weighted by Gasteiger charge is 2.63. The van der Waals surface area contributed by atoms with E-state index in [9.17, 15) is 14.4 Å². The highest BCUT2D eigenvalue weighted by molar-refractivity contribution is 6.33. The topological polar surface area (TPSA) is 102 Å². The molecular formula is C27H26ClN3O4. The number of fused-ring (bicyclic) bond motifs is 3. The number of carbonyl (C=O) groups is 3. The molecule has 0 bridgehead atoms. The standard InChI is InChI=1S/C27H26ClN3O4/c1-4-35-24(33)22-23(29)31(18-12-8-6-10-16(18)28)19-13-26(2,3)14-20(32)21(19)27(22)15-9-5-7-11-17(15)30-25(27)34/h5-12H,4,13-14,29H2,1-3H3,(H,30,34). The van der Waals surface area contributed by atoms with Crippen LogP contribution in [-0.4, -0.2) is 24.3 Å². The number of benzene rings is 2. The molecule has 0 fully saturated rings. The quantitative estimate of drug-likeness (QED) is 0.616. The highest BCUT2D eigenvalue weighted by atomic mass is 35.5. The smallest absolute Gasteiger partial charge is 0.339 e. The lowest BCUT2D eigenvalue weighted by atomic mass is 9.60. The molecule has 0 aromatic heterocycles. The van der Waals surface area contributed by atoms with Crippen LogP contribution in [0.15, 0.2) is 71.2 Å². The number of nitrogens with one attached hydrogen (secondary N) is 1. The van der Waals surface area contributed by atoms with Crippen LogP contribution >= 0.6 is 11.6 Å². The van der Waals surface area contributed by atoms with Crippen molar-refractivity contribution in [1.82, 2.24) is 0 Å². The maximum atomic E-state index is 13.9. The van der Waals surface area contributed by atoms with Gasteiger partial charge in [0.1, 0.15) is 16.8 Å². The third-order valence-electron chi connectivity index (χ3n) is 6.86. The summed E-state index contributed by atoms with van der Waals surface area (Å²) >= 11 is 6.59. The van der Waals surface area contributed by atoms with Crippen LogP contribution in [0.3, 0.4) is 0 Å². The molecule has 2 heterocycles. The van der Waals surface area contributed by atoms with Gasteiger partial charge in [-0.15, -0.1) is 0 Å². The van der Waals surface area contributed by atoms with E-state index in [1.54, 1.807) is 60.4 Å². The summed E-state index contributed by atoms with van der Waals surface area (Å²) in [6, 6.07) is 14.1. The van der Waals surface area contributed by atoms with Crippen LogP contribution in [-0.2, 0) is 24.5 Å². The van der Waals surface area contributed by atoms with Crippen LogP contribution in [0, 0.1) is 5.41 Å². The van der Waals surface area contributed by atoms with Crippen LogP contribution in [0.25, 0.3) is 0 Å². The minimum Gasteiger partial charge on any atom is -0.462 e. The number of halogens is 1. The summed E-state index contributed by atoms with van der Waals surface area (Å²) in [6.45, 7) is 5.75. The molecule has 1 amide bonds. The van der Waals surface area contributed by atoms with Gasteiger partial charge in [0, 0.05) is 28.9 Å². The second-order valence-electron chi connectivity index (χ2n) is 9.78. The molecule has 7 nitrogen and oxygen atoms in total. The number of amides is 1. The van der Waals surface area contributed by atoms with E-state index in [0.717, 1.165) is 0 Å². The molecule has 0 radical (unpaired) electrons. The average molecular weight is 492 g/mol. The third-order valence-corrected chi connectivity index (χ3v) is 7.18. The molecule has 1 unspecified atom stereocenters. The highest BCUT2D eigenvalue weighted by Crippen LogP contribution is 2.57. The SMILES string of the molecule is CCOC(=O)C1=C(N)N(c2ccccc2Cl)C2=C(C(=O)CC(C)(C)C2)C12C(=O)Nc1ccccc12. The van der Waals surface area contributed by atoms with Crippen molar-refractivity contribution in [1.29, 1.82) is 0 Å². The Balaban J connectivity index is 1.93. The van der Waals surface area contributed by atoms with Crippen molar-refractivity contribution in [3.05, 3.63) is 81.8 Å². The molecule has 2 aromatic carbocycles. The summed E-state index contributed by atoms with van der Waals surface area (Å²) in [6.07, 6.45) is 0.669. The lowest BCUT2D eigenvalue weighted by Crippen LogP contribution is -2.54. The number of Topliss-reactive ketones (excluding diaryl/α,β-unsaturated/α-hetero) is 1. The first-order valence-corrected chi connectivity index (χ1v) is 11.9. The molecule has 3 N–H and O–H groups in total. The number of nitrogens with zero attached hydrogens (tertiary/aromatic N) is 1. The summed E-state index contributed by atoms with van der Waals surface area (Å²) in [5, 5.41) is 3.28. The molecule has 1 aliphatic carbocycles. The van der Waals surface area contributed by atoms with E-state index in [4.69, 9.17) is 22.1 Å². The van der Waals surface area contributed by atoms with Crippen LogP contribution in [0.1, 0.15) is 39.2 Å². The Bertz CT molecular complexity index is 1360. The van der Waals surface area contributed by atoms with Crippen molar-refractivity contribution in [2.24, 2.45) is 11.1 Å². The molecule has 8 heteroatoms. The van der Waals surface area contributed by atoms with Gasteiger partial charge in [-0.25, -0.2) is 4.79 Å². The number of hydrogen-bond acceptors (Lipinski definition) is 6. The molecule has 0 saturated carbocycles. The van der Waals surface area contributed by atoms with Gasteiger partial charge in [0.05, 0.1) is 17.3 Å². The number of esters is 1. The first-order valence-electron chi connectivity index (χ1n) is 11.5. The Kier molecular flexibility index (Phi) is 5.29. The van der Waals surface area contributed by atoms with Gasteiger partial charge in [0.15, 0.2) is 5.78 Å². The van der Waals surface area contributed by atoms with Crippen LogP contribution in [0.2, 0.25) is 5.02 Å². The predicted molar refractivity (Wildman–Crippen MR) is 134 cm³/mol. The van der Waals surface area contributed by atoms with E-state index in [1.807, 2.05) is 13.8 Å². The third kappa shape index (κ3) is 3.22. The fourth-order valence-electron chi connectivity index (χ4n) is 5.60. The second-order valence-corrected chi connectivity index (χ2v) is 10.2.